The first-order valence-electron chi connectivity index (χ1n) is 10.6. The molecule has 2 aromatic heterocycles. The second kappa shape index (κ2) is 9.00. The first kappa shape index (κ1) is 20.6. The van der Waals surface area contributed by atoms with Gasteiger partial charge in [-0.05, 0) is 43.0 Å². The lowest BCUT2D eigenvalue weighted by molar-refractivity contribution is 0.0954. The first-order valence-corrected chi connectivity index (χ1v) is 10.6. The summed E-state index contributed by atoms with van der Waals surface area (Å²) in [6, 6.07) is 21.4. The summed E-state index contributed by atoms with van der Waals surface area (Å²) in [7, 11) is 0. The molecule has 0 aliphatic rings. The van der Waals surface area contributed by atoms with Crippen LogP contribution in [0.1, 0.15) is 47.9 Å². The lowest BCUT2D eigenvalue weighted by atomic mass is 10.0. The summed E-state index contributed by atoms with van der Waals surface area (Å²) in [6.07, 6.45) is 1.51. The summed E-state index contributed by atoms with van der Waals surface area (Å²) >= 11 is 0. The number of rotatable bonds is 7. The summed E-state index contributed by atoms with van der Waals surface area (Å²) in [5.41, 5.74) is 10.4. The number of nitrogens with two attached hydrogens (primary N) is 1. The number of carbonyl (C=O) groups is 1. The van der Waals surface area contributed by atoms with Crippen LogP contribution in [0.3, 0.4) is 0 Å². The number of anilines is 1. The van der Waals surface area contributed by atoms with Crippen molar-refractivity contribution in [1.82, 2.24) is 20.1 Å². The van der Waals surface area contributed by atoms with E-state index in [4.69, 9.17) is 5.73 Å². The summed E-state index contributed by atoms with van der Waals surface area (Å²) in [4.78, 5) is 17.6. The number of nitrogens with zero attached hydrogens (tertiary/aromatic N) is 3. The molecule has 0 spiro atoms. The van der Waals surface area contributed by atoms with E-state index >= 15 is 0 Å². The average molecular weight is 414 g/mol. The van der Waals surface area contributed by atoms with E-state index in [1.807, 2.05) is 66.7 Å². The topological polar surface area (TPSA) is 85.8 Å². The maximum absolute atomic E-state index is 12.9. The molecular formula is C25H27N5O. The van der Waals surface area contributed by atoms with Crippen molar-refractivity contribution in [2.24, 2.45) is 0 Å². The van der Waals surface area contributed by atoms with Gasteiger partial charge in [0.1, 0.15) is 5.82 Å². The van der Waals surface area contributed by atoms with Crippen LogP contribution in [0.5, 0.6) is 0 Å². The van der Waals surface area contributed by atoms with Crippen LogP contribution in [0.4, 0.5) is 5.82 Å². The molecule has 2 heterocycles. The summed E-state index contributed by atoms with van der Waals surface area (Å²) in [5.74, 6) is 0.783. The van der Waals surface area contributed by atoms with Gasteiger partial charge in [0.25, 0.3) is 5.91 Å². The van der Waals surface area contributed by atoms with Crippen molar-refractivity contribution >= 4 is 22.6 Å². The molecule has 0 aliphatic heterocycles. The Morgan fingerprint density at radius 3 is 2.58 bits per heavy atom. The number of pyridine rings is 1. The van der Waals surface area contributed by atoms with Gasteiger partial charge in [0.15, 0.2) is 0 Å². The van der Waals surface area contributed by atoms with Gasteiger partial charge in [0, 0.05) is 23.7 Å². The van der Waals surface area contributed by atoms with E-state index in [2.05, 4.69) is 29.2 Å². The summed E-state index contributed by atoms with van der Waals surface area (Å²) in [6.45, 7) is 4.72. The second-order valence-corrected chi connectivity index (χ2v) is 7.93. The maximum atomic E-state index is 12.9. The molecule has 158 valence electrons. The van der Waals surface area contributed by atoms with Gasteiger partial charge in [-0.25, -0.2) is 4.68 Å². The van der Waals surface area contributed by atoms with Crippen LogP contribution >= 0.6 is 0 Å². The molecule has 0 saturated carbocycles. The fourth-order valence-electron chi connectivity index (χ4n) is 3.59. The number of benzene rings is 2. The van der Waals surface area contributed by atoms with Crippen molar-refractivity contribution in [2.75, 3.05) is 12.3 Å². The SMILES string of the molecule is CC(C)c1cc(C(=O)NCCCc2cc(N)n(-c3ccccc3)n2)c2ccccc2n1. The average Bonchev–Trinajstić information content (AvgIpc) is 3.16. The first-order chi connectivity index (χ1) is 15.0. The van der Waals surface area contributed by atoms with E-state index in [0.29, 0.717) is 17.9 Å². The molecule has 0 aliphatic carbocycles. The van der Waals surface area contributed by atoms with Crippen LogP contribution in [0.15, 0.2) is 66.7 Å². The molecule has 0 saturated heterocycles. The van der Waals surface area contributed by atoms with E-state index in [-0.39, 0.29) is 11.8 Å². The zero-order chi connectivity index (χ0) is 21.8. The molecule has 6 heteroatoms. The molecule has 31 heavy (non-hydrogen) atoms. The van der Waals surface area contributed by atoms with Gasteiger partial charge in [0.2, 0.25) is 0 Å². The highest BCUT2D eigenvalue weighted by molar-refractivity contribution is 6.06. The van der Waals surface area contributed by atoms with E-state index in [1.165, 1.54) is 0 Å². The Bertz CT molecular complexity index is 1200. The lowest BCUT2D eigenvalue weighted by Crippen LogP contribution is -2.25. The Balaban J connectivity index is 1.40. The molecule has 4 rings (SSSR count). The Kier molecular flexibility index (Phi) is 5.98. The van der Waals surface area contributed by atoms with Crippen molar-refractivity contribution in [2.45, 2.75) is 32.6 Å². The van der Waals surface area contributed by atoms with Crippen LogP contribution < -0.4 is 11.1 Å². The molecule has 0 unspecified atom stereocenters. The smallest absolute Gasteiger partial charge is 0.252 e. The Hall–Kier alpha value is -3.67. The van der Waals surface area contributed by atoms with Gasteiger partial charge < -0.3 is 11.1 Å². The Morgan fingerprint density at radius 2 is 1.81 bits per heavy atom. The molecule has 2 aromatic carbocycles. The van der Waals surface area contributed by atoms with Gasteiger partial charge >= 0.3 is 0 Å². The molecule has 0 radical (unpaired) electrons. The molecule has 3 N–H and O–H groups in total. The van der Waals surface area contributed by atoms with Crippen LogP contribution in [0.25, 0.3) is 16.6 Å². The monoisotopic (exact) mass is 413 g/mol. The fraction of sp³-hybridized carbons (Fsp3) is 0.240. The van der Waals surface area contributed by atoms with E-state index < -0.39 is 0 Å². The highest BCUT2D eigenvalue weighted by Gasteiger charge is 2.14. The minimum atomic E-state index is -0.0742. The number of carbonyl (C=O) groups excluding carboxylic acids is 1. The number of para-hydroxylation sites is 2. The number of hydrogen-bond donors (Lipinski definition) is 2. The summed E-state index contributed by atoms with van der Waals surface area (Å²) in [5, 5.41) is 8.52. The highest BCUT2D eigenvalue weighted by atomic mass is 16.1. The number of aromatic nitrogens is 3. The maximum Gasteiger partial charge on any atom is 0.252 e. The number of amides is 1. The Morgan fingerprint density at radius 1 is 1.06 bits per heavy atom. The predicted molar refractivity (Wildman–Crippen MR) is 124 cm³/mol. The van der Waals surface area contributed by atoms with Crippen LogP contribution in [-0.4, -0.2) is 27.2 Å². The normalized spacial score (nSPS) is 11.2. The largest absolute Gasteiger partial charge is 0.384 e. The molecule has 0 fully saturated rings. The third-order valence-electron chi connectivity index (χ3n) is 5.26. The number of fused-ring (bicyclic) bond motifs is 1. The standard InChI is InChI=1S/C25H27N5O/c1-17(2)23-16-21(20-12-6-7-13-22(20)28-23)25(31)27-14-8-9-18-15-24(26)30(29-18)19-10-4-3-5-11-19/h3-7,10-13,15-17H,8-9,14,26H2,1-2H3,(H,27,31). The molecule has 6 nitrogen and oxygen atoms in total. The summed E-state index contributed by atoms with van der Waals surface area (Å²) < 4.78 is 1.74. The predicted octanol–water partition coefficient (Wildman–Crippen LogP) is 4.49. The van der Waals surface area contributed by atoms with Crippen molar-refractivity contribution in [3.63, 3.8) is 0 Å². The molecular weight excluding hydrogens is 386 g/mol. The van der Waals surface area contributed by atoms with Crippen LogP contribution in [0.2, 0.25) is 0 Å². The van der Waals surface area contributed by atoms with Crippen molar-refractivity contribution in [1.29, 1.82) is 0 Å². The number of nitrogen functional groups attached to an aromatic ring is 1. The van der Waals surface area contributed by atoms with Crippen molar-refractivity contribution in [3.05, 3.63) is 83.7 Å². The quantitative estimate of drug-likeness (QED) is 0.437. The van der Waals surface area contributed by atoms with E-state index in [0.717, 1.165) is 40.8 Å². The number of nitrogens with one attached hydrogen (secondary N) is 1. The zero-order valence-corrected chi connectivity index (χ0v) is 17.9. The minimum Gasteiger partial charge on any atom is -0.384 e. The van der Waals surface area contributed by atoms with Crippen molar-refractivity contribution in [3.8, 4) is 5.69 Å². The van der Waals surface area contributed by atoms with E-state index in [9.17, 15) is 4.79 Å². The minimum absolute atomic E-state index is 0.0742. The Labute approximate surface area is 182 Å². The number of aryl methyl sites for hydroxylation is 1. The van der Waals surface area contributed by atoms with Gasteiger partial charge in [-0.2, -0.15) is 5.10 Å². The van der Waals surface area contributed by atoms with E-state index in [1.54, 1.807) is 4.68 Å². The third kappa shape index (κ3) is 4.58. The number of hydrogen-bond acceptors (Lipinski definition) is 4. The molecule has 0 atom stereocenters. The molecule has 1 amide bonds. The van der Waals surface area contributed by atoms with Gasteiger partial charge in [-0.3, -0.25) is 9.78 Å². The van der Waals surface area contributed by atoms with Gasteiger partial charge in [-0.15, -0.1) is 0 Å². The lowest BCUT2D eigenvalue weighted by Gasteiger charge is -2.12. The highest BCUT2D eigenvalue weighted by Crippen LogP contribution is 2.22. The van der Waals surface area contributed by atoms with Crippen molar-refractivity contribution < 1.29 is 4.79 Å². The third-order valence-corrected chi connectivity index (χ3v) is 5.26. The van der Waals surface area contributed by atoms with Crippen LogP contribution in [-0.2, 0) is 6.42 Å². The zero-order valence-electron chi connectivity index (χ0n) is 17.9. The van der Waals surface area contributed by atoms with Gasteiger partial charge in [-0.1, -0.05) is 50.2 Å². The molecule has 0 bridgehead atoms. The van der Waals surface area contributed by atoms with Crippen LogP contribution in [0, 0.1) is 0 Å². The van der Waals surface area contributed by atoms with Gasteiger partial charge in [0.05, 0.1) is 22.5 Å². The molecule has 4 aromatic rings. The second-order valence-electron chi connectivity index (χ2n) is 7.93. The fourth-order valence-corrected chi connectivity index (χ4v) is 3.59.